The molecule has 0 saturated carbocycles. The number of aromatic nitrogens is 7. The van der Waals surface area contributed by atoms with Gasteiger partial charge in [-0.05, 0) is 43.7 Å². The van der Waals surface area contributed by atoms with Crippen LogP contribution in [0.4, 0.5) is 0 Å². The molecule has 0 unspecified atom stereocenters. The Bertz CT molecular complexity index is 1740. The minimum atomic E-state index is -0.739. The van der Waals surface area contributed by atoms with Crippen LogP contribution in [0.3, 0.4) is 0 Å². The minimum Gasteiger partial charge on any atom is -0.295 e. The predicted octanol–water partition coefficient (Wildman–Crippen LogP) is 4.08. The quantitative estimate of drug-likeness (QED) is 0.333. The van der Waals surface area contributed by atoms with Gasteiger partial charge in [-0.2, -0.15) is 0 Å². The second kappa shape index (κ2) is 9.94. The third-order valence-electron chi connectivity index (χ3n) is 6.88. The zero-order valence-electron chi connectivity index (χ0n) is 21.6. The standard InChI is InChI=1S/C30H27N7O2/c1-20-26(29(38)36(32-20)23-14-8-4-9-15-23)28(25-19-35(34-31-25)18-22-12-6-3-7-13-22)27-21(2)33-37(30(27)39)24-16-10-5-11-17-24/h3-17,19,28,32-33H,18H2,1-2H3. The molecule has 0 aliphatic heterocycles. The van der Waals surface area contributed by atoms with E-state index in [1.54, 1.807) is 4.68 Å². The highest BCUT2D eigenvalue weighted by atomic mass is 16.1. The Hall–Kier alpha value is -5.18. The van der Waals surface area contributed by atoms with E-state index >= 15 is 0 Å². The van der Waals surface area contributed by atoms with E-state index in [1.165, 1.54) is 9.36 Å². The maximum absolute atomic E-state index is 13.9. The number of benzene rings is 3. The van der Waals surface area contributed by atoms with Gasteiger partial charge in [0.2, 0.25) is 0 Å². The molecule has 0 radical (unpaired) electrons. The molecule has 0 saturated heterocycles. The van der Waals surface area contributed by atoms with Crippen LogP contribution in [0.1, 0.15) is 39.7 Å². The molecular weight excluding hydrogens is 490 g/mol. The van der Waals surface area contributed by atoms with Crippen LogP contribution in [0.2, 0.25) is 0 Å². The van der Waals surface area contributed by atoms with Crippen molar-refractivity contribution in [3.05, 3.63) is 152 Å². The largest absolute Gasteiger partial charge is 0.295 e. The fraction of sp³-hybridized carbons (Fsp3) is 0.133. The Labute approximate surface area is 224 Å². The first kappa shape index (κ1) is 24.2. The maximum atomic E-state index is 13.9. The van der Waals surface area contributed by atoms with Gasteiger partial charge < -0.3 is 0 Å². The highest BCUT2D eigenvalue weighted by Gasteiger charge is 2.33. The van der Waals surface area contributed by atoms with E-state index in [0.717, 1.165) is 5.56 Å². The Kier molecular flexibility index (Phi) is 6.16. The number of aryl methyl sites for hydroxylation is 2. The Morgan fingerprint density at radius 1 is 0.692 bits per heavy atom. The van der Waals surface area contributed by atoms with E-state index in [-0.39, 0.29) is 11.1 Å². The Morgan fingerprint density at radius 2 is 1.15 bits per heavy atom. The number of hydrogen-bond acceptors (Lipinski definition) is 4. The molecule has 39 heavy (non-hydrogen) atoms. The van der Waals surface area contributed by atoms with Crippen molar-refractivity contribution in [1.82, 2.24) is 34.6 Å². The van der Waals surface area contributed by atoms with E-state index in [2.05, 4.69) is 20.5 Å². The summed E-state index contributed by atoms with van der Waals surface area (Å²) in [7, 11) is 0. The van der Waals surface area contributed by atoms with Crippen molar-refractivity contribution in [2.75, 3.05) is 0 Å². The molecule has 3 aromatic heterocycles. The highest BCUT2D eigenvalue weighted by Crippen LogP contribution is 2.31. The fourth-order valence-electron chi connectivity index (χ4n) is 5.05. The normalized spacial score (nSPS) is 11.4. The third kappa shape index (κ3) is 4.44. The van der Waals surface area contributed by atoms with Crippen molar-refractivity contribution in [3.63, 3.8) is 0 Å². The summed E-state index contributed by atoms with van der Waals surface area (Å²) in [5.41, 5.74) is 4.71. The summed E-state index contributed by atoms with van der Waals surface area (Å²) >= 11 is 0. The number of para-hydroxylation sites is 2. The van der Waals surface area contributed by atoms with Crippen LogP contribution in [0.15, 0.2) is 107 Å². The van der Waals surface area contributed by atoms with Crippen LogP contribution in [0.5, 0.6) is 0 Å². The molecule has 9 nitrogen and oxygen atoms in total. The van der Waals surface area contributed by atoms with E-state index in [9.17, 15) is 9.59 Å². The molecule has 9 heteroatoms. The second-order valence-corrected chi connectivity index (χ2v) is 9.51. The lowest BCUT2D eigenvalue weighted by atomic mass is 9.89. The van der Waals surface area contributed by atoms with Gasteiger partial charge in [0.25, 0.3) is 11.1 Å². The average Bonchev–Trinajstić information content (AvgIpc) is 3.63. The maximum Gasteiger partial charge on any atom is 0.275 e. The first-order valence-corrected chi connectivity index (χ1v) is 12.7. The Morgan fingerprint density at radius 3 is 1.64 bits per heavy atom. The van der Waals surface area contributed by atoms with Crippen molar-refractivity contribution >= 4 is 0 Å². The summed E-state index contributed by atoms with van der Waals surface area (Å²) in [6.07, 6.45) is 1.81. The smallest absolute Gasteiger partial charge is 0.275 e. The molecule has 0 atom stereocenters. The van der Waals surface area contributed by atoms with Gasteiger partial charge in [-0.1, -0.05) is 71.9 Å². The van der Waals surface area contributed by atoms with Gasteiger partial charge in [-0.15, -0.1) is 5.10 Å². The molecule has 6 rings (SSSR count). The SMILES string of the molecule is Cc1[nH]n(-c2ccccc2)c(=O)c1C(c1cn(Cc2ccccc2)nn1)c1c(C)[nH]n(-c2ccccc2)c1=O. The number of aromatic amines is 2. The van der Waals surface area contributed by atoms with Crippen molar-refractivity contribution in [1.29, 1.82) is 0 Å². The van der Waals surface area contributed by atoms with Crippen LogP contribution in [0.25, 0.3) is 11.4 Å². The van der Waals surface area contributed by atoms with Crippen LogP contribution in [-0.4, -0.2) is 34.6 Å². The van der Waals surface area contributed by atoms with Crippen LogP contribution < -0.4 is 11.1 Å². The van der Waals surface area contributed by atoms with E-state index < -0.39 is 5.92 Å². The zero-order chi connectivity index (χ0) is 26.9. The molecule has 0 fully saturated rings. The van der Waals surface area contributed by atoms with Crippen molar-refractivity contribution in [3.8, 4) is 11.4 Å². The molecule has 194 valence electrons. The fourth-order valence-corrected chi connectivity index (χ4v) is 5.05. The van der Waals surface area contributed by atoms with Gasteiger partial charge in [0, 0.05) is 17.6 Å². The molecule has 3 heterocycles. The minimum absolute atomic E-state index is 0.243. The number of rotatable bonds is 7. The summed E-state index contributed by atoms with van der Waals surface area (Å²) in [6.45, 7) is 4.20. The van der Waals surface area contributed by atoms with Gasteiger partial charge in [0.15, 0.2) is 0 Å². The topological polar surface area (TPSA) is 106 Å². The zero-order valence-corrected chi connectivity index (χ0v) is 21.6. The molecule has 0 bridgehead atoms. The lowest BCUT2D eigenvalue weighted by Gasteiger charge is -2.12. The summed E-state index contributed by atoms with van der Waals surface area (Å²) < 4.78 is 4.74. The summed E-state index contributed by atoms with van der Waals surface area (Å²) in [5, 5.41) is 15.3. The van der Waals surface area contributed by atoms with E-state index in [4.69, 9.17) is 0 Å². The molecule has 0 aliphatic carbocycles. The van der Waals surface area contributed by atoms with Gasteiger partial charge in [0.1, 0.15) is 0 Å². The van der Waals surface area contributed by atoms with Crippen LogP contribution in [-0.2, 0) is 6.54 Å². The number of nitrogens with zero attached hydrogens (tertiary/aromatic N) is 5. The van der Waals surface area contributed by atoms with Crippen molar-refractivity contribution in [2.45, 2.75) is 26.3 Å². The summed E-state index contributed by atoms with van der Waals surface area (Å²) in [4.78, 5) is 27.9. The van der Waals surface area contributed by atoms with Crippen molar-refractivity contribution in [2.24, 2.45) is 0 Å². The third-order valence-corrected chi connectivity index (χ3v) is 6.88. The molecular formula is C30H27N7O2. The molecule has 6 aromatic rings. The number of nitrogens with one attached hydrogen (secondary N) is 2. The molecule has 0 amide bonds. The van der Waals surface area contributed by atoms with Crippen LogP contribution in [0, 0.1) is 13.8 Å². The number of H-pyrrole nitrogens is 2. The van der Waals surface area contributed by atoms with Crippen LogP contribution >= 0.6 is 0 Å². The Balaban J connectivity index is 1.53. The van der Waals surface area contributed by atoms with Gasteiger partial charge in [0.05, 0.1) is 40.7 Å². The lowest BCUT2D eigenvalue weighted by molar-refractivity contribution is 0.649. The number of hydrogen-bond donors (Lipinski definition) is 2. The second-order valence-electron chi connectivity index (χ2n) is 9.51. The summed E-state index contributed by atoms with van der Waals surface area (Å²) in [6, 6.07) is 28.7. The summed E-state index contributed by atoms with van der Waals surface area (Å²) in [5.74, 6) is -0.739. The van der Waals surface area contributed by atoms with Gasteiger partial charge in [-0.3, -0.25) is 19.8 Å². The molecule has 0 spiro atoms. The highest BCUT2D eigenvalue weighted by molar-refractivity contribution is 5.45. The molecule has 0 aliphatic rings. The average molecular weight is 518 g/mol. The predicted molar refractivity (Wildman–Crippen MR) is 149 cm³/mol. The van der Waals surface area contributed by atoms with Gasteiger partial charge >= 0.3 is 0 Å². The van der Waals surface area contributed by atoms with Gasteiger partial charge in [-0.25, -0.2) is 14.0 Å². The van der Waals surface area contributed by atoms with Crippen molar-refractivity contribution < 1.29 is 0 Å². The molecule has 2 N–H and O–H groups in total. The molecule has 3 aromatic carbocycles. The van der Waals surface area contributed by atoms with E-state index in [1.807, 2.05) is 111 Å². The lowest BCUT2D eigenvalue weighted by Crippen LogP contribution is -2.25. The first-order chi connectivity index (χ1) is 19.0. The monoisotopic (exact) mass is 517 g/mol. The van der Waals surface area contributed by atoms with E-state index in [0.29, 0.717) is 46.1 Å². The first-order valence-electron chi connectivity index (χ1n) is 12.7.